The van der Waals surface area contributed by atoms with Gasteiger partial charge in [-0.2, -0.15) is 5.10 Å². The standard InChI is InChI=1S/C20H24N4O2/c1-14-3-4-17(19(9-14)26-13-16-5-8-25-12-16)11-22-20-18-10-15(2)23-24(18)7-6-21-20/h3-4,6-7,9-10,16H,5,8,11-13H2,1-2H3,(H,21,22). The van der Waals surface area contributed by atoms with Gasteiger partial charge < -0.3 is 14.8 Å². The second-order valence-corrected chi connectivity index (χ2v) is 6.90. The van der Waals surface area contributed by atoms with E-state index in [0.717, 1.165) is 48.0 Å². The number of rotatable bonds is 6. The molecule has 26 heavy (non-hydrogen) atoms. The van der Waals surface area contributed by atoms with Gasteiger partial charge in [-0.3, -0.25) is 0 Å². The van der Waals surface area contributed by atoms with Gasteiger partial charge in [-0.1, -0.05) is 12.1 Å². The zero-order valence-electron chi connectivity index (χ0n) is 15.2. The van der Waals surface area contributed by atoms with E-state index < -0.39 is 0 Å². The molecule has 3 heterocycles. The van der Waals surface area contributed by atoms with Crippen LogP contribution in [0.2, 0.25) is 0 Å². The number of hydrogen-bond donors (Lipinski definition) is 1. The highest BCUT2D eigenvalue weighted by atomic mass is 16.5. The summed E-state index contributed by atoms with van der Waals surface area (Å²) < 4.78 is 13.4. The highest BCUT2D eigenvalue weighted by molar-refractivity contribution is 5.67. The summed E-state index contributed by atoms with van der Waals surface area (Å²) in [7, 11) is 0. The molecule has 6 heteroatoms. The first-order valence-electron chi connectivity index (χ1n) is 9.04. The average molecular weight is 352 g/mol. The summed E-state index contributed by atoms with van der Waals surface area (Å²) in [6.45, 7) is 7.05. The Bertz CT molecular complexity index is 900. The maximum Gasteiger partial charge on any atom is 0.152 e. The van der Waals surface area contributed by atoms with Gasteiger partial charge in [-0.05, 0) is 38.0 Å². The molecular formula is C20H24N4O2. The summed E-state index contributed by atoms with van der Waals surface area (Å²) in [6.07, 6.45) is 4.69. The number of nitrogens with zero attached hydrogens (tertiary/aromatic N) is 3. The second kappa shape index (κ2) is 7.33. The minimum atomic E-state index is 0.488. The SMILES string of the molecule is Cc1ccc(CNc2nccn3nc(C)cc23)c(OCC2CCOC2)c1. The third kappa shape index (κ3) is 3.65. The topological polar surface area (TPSA) is 60.7 Å². The number of anilines is 1. The fourth-order valence-electron chi connectivity index (χ4n) is 3.22. The van der Waals surface area contributed by atoms with Crippen molar-refractivity contribution in [3.63, 3.8) is 0 Å². The molecule has 0 amide bonds. The van der Waals surface area contributed by atoms with Crippen LogP contribution in [0.4, 0.5) is 5.82 Å². The number of ether oxygens (including phenoxy) is 2. The smallest absolute Gasteiger partial charge is 0.152 e. The molecule has 4 rings (SSSR count). The van der Waals surface area contributed by atoms with Gasteiger partial charge in [-0.25, -0.2) is 9.50 Å². The molecule has 1 atom stereocenters. The zero-order valence-corrected chi connectivity index (χ0v) is 15.2. The number of benzene rings is 1. The summed E-state index contributed by atoms with van der Waals surface area (Å²) in [4.78, 5) is 4.46. The van der Waals surface area contributed by atoms with Crippen molar-refractivity contribution in [2.75, 3.05) is 25.1 Å². The van der Waals surface area contributed by atoms with E-state index >= 15 is 0 Å². The molecule has 1 unspecified atom stereocenters. The predicted octanol–water partition coefficient (Wildman–Crippen LogP) is 3.37. The lowest BCUT2D eigenvalue weighted by Gasteiger charge is -2.15. The molecule has 2 aromatic heterocycles. The van der Waals surface area contributed by atoms with Crippen molar-refractivity contribution in [1.29, 1.82) is 0 Å². The van der Waals surface area contributed by atoms with Crippen molar-refractivity contribution >= 4 is 11.3 Å². The number of aryl methyl sites for hydroxylation is 2. The van der Waals surface area contributed by atoms with E-state index in [-0.39, 0.29) is 0 Å². The normalized spacial score (nSPS) is 16.9. The lowest BCUT2D eigenvalue weighted by atomic mass is 10.1. The van der Waals surface area contributed by atoms with Crippen LogP contribution in [-0.4, -0.2) is 34.4 Å². The van der Waals surface area contributed by atoms with E-state index in [4.69, 9.17) is 9.47 Å². The number of nitrogens with one attached hydrogen (secondary N) is 1. The largest absolute Gasteiger partial charge is 0.493 e. The Morgan fingerprint density at radius 2 is 2.23 bits per heavy atom. The maximum absolute atomic E-state index is 6.12. The minimum Gasteiger partial charge on any atom is -0.493 e. The summed E-state index contributed by atoms with van der Waals surface area (Å²) in [5.41, 5.74) is 4.26. The molecule has 0 saturated carbocycles. The van der Waals surface area contributed by atoms with Crippen molar-refractivity contribution in [2.24, 2.45) is 5.92 Å². The average Bonchev–Trinajstić information content (AvgIpc) is 3.27. The molecule has 3 aromatic rings. The monoisotopic (exact) mass is 352 g/mol. The molecule has 1 N–H and O–H groups in total. The molecule has 0 aliphatic carbocycles. The predicted molar refractivity (Wildman–Crippen MR) is 101 cm³/mol. The second-order valence-electron chi connectivity index (χ2n) is 6.90. The Kier molecular flexibility index (Phi) is 4.75. The molecule has 136 valence electrons. The van der Waals surface area contributed by atoms with Crippen LogP contribution in [-0.2, 0) is 11.3 Å². The quantitative estimate of drug-likeness (QED) is 0.737. The van der Waals surface area contributed by atoms with E-state index in [0.29, 0.717) is 19.1 Å². The van der Waals surface area contributed by atoms with Crippen LogP contribution >= 0.6 is 0 Å². The summed E-state index contributed by atoms with van der Waals surface area (Å²) in [5, 5.41) is 7.86. The summed E-state index contributed by atoms with van der Waals surface area (Å²) in [5.74, 6) is 2.24. The lowest BCUT2D eigenvalue weighted by molar-refractivity contribution is 0.167. The summed E-state index contributed by atoms with van der Waals surface area (Å²) in [6, 6.07) is 8.36. The van der Waals surface area contributed by atoms with Gasteiger partial charge in [0.15, 0.2) is 5.82 Å². The number of hydrogen-bond acceptors (Lipinski definition) is 5. The van der Waals surface area contributed by atoms with Crippen LogP contribution in [0.1, 0.15) is 23.2 Å². The van der Waals surface area contributed by atoms with Gasteiger partial charge in [-0.15, -0.1) is 0 Å². The maximum atomic E-state index is 6.12. The highest BCUT2D eigenvalue weighted by Crippen LogP contribution is 2.24. The van der Waals surface area contributed by atoms with Gasteiger partial charge in [0, 0.05) is 37.0 Å². The highest BCUT2D eigenvalue weighted by Gasteiger charge is 2.17. The van der Waals surface area contributed by atoms with E-state index in [1.807, 2.05) is 23.7 Å². The van der Waals surface area contributed by atoms with Gasteiger partial charge in [0.25, 0.3) is 0 Å². The van der Waals surface area contributed by atoms with Gasteiger partial charge in [0.2, 0.25) is 0 Å². The lowest BCUT2D eigenvalue weighted by Crippen LogP contribution is -2.13. The number of fused-ring (bicyclic) bond motifs is 1. The fraction of sp³-hybridized carbons (Fsp3) is 0.400. The van der Waals surface area contributed by atoms with Crippen LogP contribution in [0.15, 0.2) is 36.7 Å². The van der Waals surface area contributed by atoms with Crippen molar-refractivity contribution < 1.29 is 9.47 Å². The Labute approximate surface area is 153 Å². The molecule has 0 radical (unpaired) electrons. The summed E-state index contributed by atoms with van der Waals surface area (Å²) >= 11 is 0. The van der Waals surface area contributed by atoms with Gasteiger partial charge in [0.1, 0.15) is 11.3 Å². The molecule has 1 aliphatic rings. The third-order valence-corrected chi connectivity index (χ3v) is 4.68. The van der Waals surface area contributed by atoms with Crippen molar-refractivity contribution in [2.45, 2.75) is 26.8 Å². The van der Waals surface area contributed by atoms with Crippen molar-refractivity contribution in [3.05, 3.63) is 53.5 Å². The Morgan fingerprint density at radius 3 is 3.08 bits per heavy atom. The molecule has 1 aliphatic heterocycles. The van der Waals surface area contributed by atoms with Crippen LogP contribution in [0.5, 0.6) is 5.75 Å². The van der Waals surface area contributed by atoms with Crippen LogP contribution in [0.3, 0.4) is 0 Å². The molecule has 1 saturated heterocycles. The Morgan fingerprint density at radius 1 is 1.31 bits per heavy atom. The fourth-order valence-corrected chi connectivity index (χ4v) is 3.22. The molecular weight excluding hydrogens is 328 g/mol. The van der Waals surface area contributed by atoms with E-state index in [1.54, 1.807) is 6.20 Å². The third-order valence-electron chi connectivity index (χ3n) is 4.68. The van der Waals surface area contributed by atoms with E-state index in [2.05, 4.69) is 40.5 Å². The molecule has 6 nitrogen and oxygen atoms in total. The van der Waals surface area contributed by atoms with Crippen LogP contribution in [0.25, 0.3) is 5.52 Å². The Hall–Kier alpha value is -2.60. The van der Waals surface area contributed by atoms with Crippen molar-refractivity contribution in [3.8, 4) is 5.75 Å². The van der Waals surface area contributed by atoms with Crippen LogP contribution in [0, 0.1) is 19.8 Å². The van der Waals surface area contributed by atoms with Crippen molar-refractivity contribution in [1.82, 2.24) is 14.6 Å². The van der Waals surface area contributed by atoms with Crippen LogP contribution < -0.4 is 10.1 Å². The van der Waals surface area contributed by atoms with E-state index in [1.165, 1.54) is 5.56 Å². The number of aromatic nitrogens is 3. The molecule has 1 fully saturated rings. The first-order chi connectivity index (χ1) is 12.7. The van der Waals surface area contributed by atoms with E-state index in [9.17, 15) is 0 Å². The Balaban J connectivity index is 1.50. The molecule has 1 aromatic carbocycles. The molecule has 0 bridgehead atoms. The zero-order chi connectivity index (χ0) is 17.9. The minimum absolute atomic E-state index is 0.488. The first kappa shape index (κ1) is 16.8. The van der Waals surface area contributed by atoms with Gasteiger partial charge in [0.05, 0.1) is 18.9 Å². The van der Waals surface area contributed by atoms with Gasteiger partial charge >= 0.3 is 0 Å². The molecule has 0 spiro atoms. The first-order valence-corrected chi connectivity index (χ1v) is 9.04.